The van der Waals surface area contributed by atoms with Gasteiger partial charge >= 0.3 is 0 Å². The zero-order valence-electron chi connectivity index (χ0n) is 16.7. The predicted octanol–water partition coefficient (Wildman–Crippen LogP) is 3.79. The van der Waals surface area contributed by atoms with Crippen LogP contribution in [0.5, 0.6) is 0 Å². The molecule has 1 N–H and O–H groups in total. The van der Waals surface area contributed by atoms with E-state index in [0.717, 1.165) is 28.9 Å². The highest BCUT2D eigenvalue weighted by molar-refractivity contribution is 5.94. The van der Waals surface area contributed by atoms with Gasteiger partial charge in [-0.3, -0.25) is 9.78 Å². The Morgan fingerprint density at radius 2 is 1.89 bits per heavy atom. The highest BCUT2D eigenvalue weighted by atomic mass is 16.1. The average molecular weight is 375 g/mol. The number of hydrogen-bond acceptors (Lipinski definition) is 5. The number of carbonyl (C=O) groups is 1. The van der Waals surface area contributed by atoms with Gasteiger partial charge in [-0.2, -0.15) is 0 Å². The Morgan fingerprint density at radius 3 is 2.50 bits per heavy atom. The number of amides is 1. The smallest absolute Gasteiger partial charge is 0.251 e. The molecule has 1 atom stereocenters. The van der Waals surface area contributed by atoms with Crippen LogP contribution >= 0.6 is 0 Å². The number of aromatic nitrogens is 3. The fraction of sp³-hybridized carbons (Fsp3) is 0.273. The van der Waals surface area contributed by atoms with Crippen molar-refractivity contribution < 1.29 is 4.79 Å². The van der Waals surface area contributed by atoms with E-state index in [1.54, 1.807) is 12.4 Å². The van der Waals surface area contributed by atoms with Gasteiger partial charge in [-0.15, -0.1) is 0 Å². The number of nitrogens with one attached hydrogen (secondary N) is 1. The van der Waals surface area contributed by atoms with Gasteiger partial charge in [0.05, 0.1) is 11.7 Å². The lowest BCUT2D eigenvalue weighted by molar-refractivity contribution is 0.0935. The van der Waals surface area contributed by atoms with Crippen molar-refractivity contribution in [3.63, 3.8) is 0 Å². The summed E-state index contributed by atoms with van der Waals surface area (Å²) >= 11 is 0. The van der Waals surface area contributed by atoms with E-state index in [-0.39, 0.29) is 11.9 Å². The maximum absolute atomic E-state index is 12.7. The molecule has 0 spiro atoms. The van der Waals surface area contributed by atoms with E-state index in [4.69, 9.17) is 0 Å². The van der Waals surface area contributed by atoms with Crippen molar-refractivity contribution in [1.82, 2.24) is 20.3 Å². The van der Waals surface area contributed by atoms with Crippen LogP contribution in [0.2, 0.25) is 0 Å². The maximum atomic E-state index is 12.7. The van der Waals surface area contributed by atoms with Crippen molar-refractivity contribution in [1.29, 1.82) is 0 Å². The summed E-state index contributed by atoms with van der Waals surface area (Å²) in [7, 11) is 3.83. The van der Waals surface area contributed by atoms with Crippen molar-refractivity contribution in [3.05, 3.63) is 71.7 Å². The molecule has 0 unspecified atom stereocenters. The number of anilines is 1. The van der Waals surface area contributed by atoms with E-state index in [2.05, 4.69) is 20.3 Å². The molecule has 0 saturated carbocycles. The molecule has 3 rings (SSSR count). The van der Waals surface area contributed by atoms with Crippen molar-refractivity contribution in [2.45, 2.75) is 26.3 Å². The Bertz CT molecular complexity index is 939. The molecule has 3 aromatic rings. The van der Waals surface area contributed by atoms with Crippen LogP contribution in [0, 0.1) is 6.92 Å². The summed E-state index contributed by atoms with van der Waals surface area (Å²) in [5.74, 6) is 0.564. The van der Waals surface area contributed by atoms with Gasteiger partial charge in [-0.05, 0) is 43.2 Å². The Morgan fingerprint density at radius 1 is 1.14 bits per heavy atom. The van der Waals surface area contributed by atoms with E-state index in [1.165, 1.54) is 0 Å². The molecule has 6 heteroatoms. The van der Waals surface area contributed by atoms with Gasteiger partial charge in [0.15, 0.2) is 0 Å². The fourth-order valence-corrected chi connectivity index (χ4v) is 2.94. The molecule has 2 aromatic heterocycles. The molecule has 6 nitrogen and oxygen atoms in total. The fourth-order valence-electron chi connectivity index (χ4n) is 2.94. The van der Waals surface area contributed by atoms with Crippen LogP contribution in [0.25, 0.3) is 11.3 Å². The van der Waals surface area contributed by atoms with Crippen LogP contribution in [0.3, 0.4) is 0 Å². The van der Waals surface area contributed by atoms with E-state index in [1.807, 2.05) is 75.3 Å². The molecule has 0 aliphatic heterocycles. The highest BCUT2D eigenvalue weighted by Gasteiger charge is 2.14. The Hall–Kier alpha value is -3.28. The van der Waals surface area contributed by atoms with Gasteiger partial charge in [0.2, 0.25) is 5.95 Å². The van der Waals surface area contributed by atoms with Crippen LogP contribution in [0.4, 0.5) is 5.95 Å². The number of hydrogen-bond donors (Lipinski definition) is 1. The number of rotatable bonds is 6. The van der Waals surface area contributed by atoms with Crippen molar-refractivity contribution >= 4 is 11.9 Å². The molecule has 2 heterocycles. The van der Waals surface area contributed by atoms with E-state index < -0.39 is 0 Å². The van der Waals surface area contributed by atoms with E-state index >= 15 is 0 Å². The number of pyridine rings is 1. The lowest BCUT2D eigenvalue weighted by Crippen LogP contribution is -2.28. The Kier molecular flexibility index (Phi) is 5.99. The molecule has 0 saturated heterocycles. The summed E-state index contributed by atoms with van der Waals surface area (Å²) in [6.07, 6.45) is 4.31. The Balaban J connectivity index is 1.78. The number of benzene rings is 1. The molecule has 0 fully saturated rings. The topological polar surface area (TPSA) is 71.0 Å². The van der Waals surface area contributed by atoms with Crippen molar-refractivity contribution in [3.8, 4) is 11.3 Å². The van der Waals surface area contributed by atoms with Gasteiger partial charge in [0, 0.05) is 43.3 Å². The summed E-state index contributed by atoms with van der Waals surface area (Å²) in [5, 5.41) is 3.08. The highest BCUT2D eigenvalue weighted by Crippen LogP contribution is 2.21. The molecule has 0 radical (unpaired) electrons. The van der Waals surface area contributed by atoms with Crippen LogP contribution in [-0.2, 0) is 0 Å². The zero-order valence-corrected chi connectivity index (χ0v) is 16.7. The first-order valence-electron chi connectivity index (χ1n) is 9.32. The van der Waals surface area contributed by atoms with Gasteiger partial charge in [-0.25, -0.2) is 9.97 Å². The van der Waals surface area contributed by atoms with Gasteiger partial charge in [0.1, 0.15) is 0 Å². The summed E-state index contributed by atoms with van der Waals surface area (Å²) in [6, 6.07) is 13.2. The molecule has 1 amide bonds. The molecule has 144 valence electrons. The monoisotopic (exact) mass is 375 g/mol. The summed E-state index contributed by atoms with van der Waals surface area (Å²) in [6.45, 7) is 3.99. The Labute approximate surface area is 165 Å². The first kappa shape index (κ1) is 19.5. The quantitative estimate of drug-likeness (QED) is 0.710. The lowest BCUT2D eigenvalue weighted by Gasteiger charge is -2.17. The van der Waals surface area contributed by atoms with Crippen LogP contribution < -0.4 is 10.2 Å². The normalized spacial score (nSPS) is 11.7. The van der Waals surface area contributed by atoms with Crippen LogP contribution in [0.15, 0.2) is 54.9 Å². The predicted molar refractivity (Wildman–Crippen MR) is 111 cm³/mol. The molecular formula is C22H25N5O. The minimum Gasteiger partial charge on any atom is -0.347 e. The zero-order chi connectivity index (χ0) is 20.1. The van der Waals surface area contributed by atoms with Crippen LogP contribution in [-0.4, -0.2) is 35.0 Å². The van der Waals surface area contributed by atoms with Crippen LogP contribution in [0.1, 0.15) is 41.0 Å². The number of nitrogens with zero attached hydrogens (tertiary/aromatic N) is 4. The van der Waals surface area contributed by atoms with Crippen molar-refractivity contribution in [2.75, 3.05) is 19.0 Å². The molecule has 0 aliphatic rings. The minimum absolute atomic E-state index is 0.0620. The van der Waals surface area contributed by atoms with Gasteiger partial charge in [-0.1, -0.05) is 25.1 Å². The number of carbonyl (C=O) groups excluding carboxylic acids is 1. The molecule has 1 aromatic carbocycles. The SMILES string of the molecule is CC[C@H](NC(=O)c1ccc(-c2cc(C)nc(N(C)C)n2)cc1)c1cccnc1. The molecular weight excluding hydrogens is 350 g/mol. The summed E-state index contributed by atoms with van der Waals surface area (Å²) in [4.78, 5) is 27.7. The van der Waals surface area contributed by atoms with Gasteiger partial charge in [0.25, 0.3) is 5.91 Å². The molecule has 0 bridgehead atoms. The first-order valence-corrected chi connectivity index (χ1v) is 9.32. The first-order chi connectivity index (χ1) is 13.5. The second-order valence-electron chi connectivity index (χ2n) is 6.89. The third kappa shape index (κ3) is 4.52. The second-order valence-corrected chi connectivity index (χ2v) is 6.89. The van der Waals surface area contributed by atoms with E-state index in [0.29, 0.717) is 11.5 Å². The largest absolute Gasteiger partial charge is 0.347 e. The molecule has 28 heavy (non-hydrogen) atoms. The van der Waals surface area contributed by atoms with E-state index in [9.17, 15) is 4.79 Å². The third-order valence-electron chi connectivity index (χ3n) is 4.49. The lowest BCUT2D eigenvalue weighted by atomic mass is 10.0. The maximum Gasteiger partial charge on any atom is 0.251 e. The van der Waals surface area contributed by atoms with Gasteiger partial charge < -0.3 is 10.2 Å². The van der Waals surface area contributed by atoms with Crippen molar-refractivity contribution in [2.24, 2.45) is 0 Å². The molecule has 0 aliphatic carbocycles. The third-order valence-corrected chi connectivity index (χ3v) is 4.49. The summed E-state index contributed by atoms with van der Waals surface area (Å²) < 4.78 is 0. The standard InChI is InChI=1S/C22H25N5O/c1-5-19(18-7-6-12-23-14-18)25-21(28)17-10-8-16(9-11-17)20-13-15(2)24-22(26-20)27(3)4/h6-14,19H,5H2,1-4H3,(H,25,28)/t19-/m0/s1. The number of aryl methyl sites for hydroxylation is 1. The summed E-state index contributed by atoms with van der Waals surface area (Å²) in [5.41, 5.74) is 4.31. The second kappa shape index (κ2) is 8.61. The average Bonchev–Trinajstić information content (AvgIpc) is 2.72. The minimum atomic E-state index is -0.102.